The van der Waals surface area contributed by atoms with Gasteiger partial charge in [0.05, 0.1) is 20.0 Å². The van der Waals surface area contributed by atoms with Crippen molar-refractivity contribution in [1.29, 1.82) is 0 Å². The molecule has 2 aromatic rings. The number of benzene rings is 1. The van der Waals surface area contributed by atoms with Crippen molar-refractivity contribution in [2.24, 2.45) is 5.92 Å². The van der Waals surface area contributed by atoms with Crippen LogP contribution in [0.2, 0.25) is 0 Å². The van der Waals surface area contributed by atoms with Crippen molar-refractivity contribution >= 4 is 17.7 Å². The van der Waals surface area contributed by atoms with E-state index < -0.39 is 23.8 Å². The van der Waals surface area contributed by atoms with Gasteiger partial charge in [-0.2, -0.15) is 0 Å². The van der Waals surface area contributed by atoms with Gasteiger partial charge in [0.25, 0.3) is 17.7 Å². The maximum Gasteiger partial charge on any atom is 0.287 e. The van der Waals surface area contributed by atoms with Crippen molar-refractivity contribution in [1.82, 2.24) is 16.2 Å². The van der Waals surface area contributed by atoms with Gasteiger partial charge >= 0.3 is 0 Å². The van der Waals surface area contributed by atoms with Crippen LogP contribution in [-0.4, -0.2) is 37.5 Å². The summed E-state index contributed by atoms with van der Waals surface area (Å²) in [5.74, 6) is -0.852. The molecule has 156 valence electrons. The fourth-order valence-electron chi connectivity index (χ4n) is 2.51. The van der Waals surface area contributed by atoms with Crippen LogP contribution in [0.15, 0.2) is 41.0 Å². The Morgan fingerprint density at radius 3 is 2.41 bits per heavy atom. The van der Waals surface area contributed by atoms with Gasteiger partial charge in [-0.25, -0.2) is 0 Å². The summed E-state index contributed by atoms with van der Waals surface area (Å²) in [5.41, 5.74) is 4.94. The quantitative estimate of drug-likeness (QED) is 0.579. The molecule has 0 saturated carbocycles. The lowest BCUT2D eigenvalue weighted by molar-refractivity contribution is -0.124. The summed E-state index contributed by atoms with van der Waals surface area (Å²) < 4.78 is 15.7. The lowest BCUT2D eigenvalue weighted by Crippen LogP contribution is -2.54. The second kappa shape index (κ2) is 10.2. The predicted molar refractivity (Wildman–Crippen MR) is 105 cm³/mol. The van der Waals surface area contributed by atoms with Crippen molar-refractivity contribution < 1.29 is 28.3 Å². The minimum Gasteiger partial charge on any atom is -0.493 e. The van der Waals surface area contributed by atoms with Crippen LogP contribution in [0.1, 0.15) is 41.7 Å². The highest BCUT2D eigenvalue weighted by Gasteiger charge is 2.26. The summed E-state index contributed by atoms with van der Waals surface area (Å²) in [6.45, 7) is 5.83. The van der Waals surface area contributed by atoms with Gasteiger partial charge in [-0.05, 0) is 43.2 Å². The number of carbonyl (C=O) groups excluding carboxylic acids is 3. The number of nitrogens with one attached hydrogen (secondary N) is 3. The zero-order chi connectivity index (χ0) is 21.4. The Balaban J connectivity index is 2.00. The molecule has 1 atom stereocenters. The second-order valence-electron chi connectivity index (χ2n) is 6.41. The molecule has 0 aliphatic carbocycles. The molecule has 3 N–H and O–H groups in total. The summed E-state index contributed by atoms with van der Waals surface area (Å²) in [6.07, 6.45) is 1.37. The molecule has 0 fully saturated rings. The van der Waals surface area contributed by atoms with E-state index in [1.165, 1.54) is 25.5 Å². The number of methoxy groups -OCH3 is 1. The lowest BCUT2D eigenvalue weighted by atomic mass is 10.0. The lowest BCUT2D eigenvalue weighted by Gasteiger charge is -2.21. The first-order valence-electron chi connectivity index (χ1n) is 9.12. The molecule has 9 nitrogen and oxygen atoms in total. The average Bonchev–Trinajstić information content (AvgIpc) is 3.25. The highest BCUT2D eigenvalue weighted by atomic mass is 16.5. The Bertz CT molecular complexity index is 848. The zero-order valence-electron chi connectivity index (χ0n) is 16.8. The molecule has 1 aromatic carbocycles. The summed E-state index contributed by atoms with van der Waals surface area (Å²) in [4.78, 5) is 37.0. The molecule has 0 spiro atoms. The molecule has 3 amide bonds. The molecule has 1 aromatic heterocycles. The first-order valence-corrected chi connectivity index (χ1v) is 9.12. The Morgan fingerprint density at radius 2 is 1.83 bits per heavy atom. The van der Waals surface area contributed by atoms with Gasteiger partial charge in [-0.15, -0.1) is 0 Å². The molecule has 0 bridgehead atoms. The van der Waals surface area contributed by atoms with E-state index >= 15 is 0 Å². The third-order valence-electron chi connectivity index (χ3n) is 4.01. The predicted octanol–water partition coefficient (Wildman–Crippen LogP) is 1.90. The minimum absolute atomic E-state index is 0.0916. The number of carbonyl (C=O) groups is 3. The second-order valence-corrected chi connectivity index (χ2v) is 6.41. The molecule has 29 heavy (non-hydrogen) atoms. The third-order valence-corrected chi connectivity index (χ3v) is 4.01. The molecule has 0 saturated heterocycles. The van der Waals surface area contributed by atoms with Crippen molar-refractivity contribution in [2.75, 3.05) is 13.7 Å². The minimum atomic E-state index is -0.872. The van der Waals surface area contributed by atoms with Crippen molar-refractivity contribution in [3.63, 3.8) is 0 Å². The SMILES string of the molecule is CCOc1ccc(C(=O)NNC(=O)[C@@H](NC(=O)c2ccco2)C(C)C)cc1OC. The van der Waals surface area contributed by atoms with Gasteiger partial charge < -0.3 is 19.2 Å². The fraction of sp³-hybridized carbons (Fsp3) is 0.350. The summed E-state index contributed by atoms with van der Waals surface area (Å²) in [7, 11) is 1.47. The van der Waals surface area contributed by atoms with Gasteiger partial charge in [0.15, 0.2) is 17.3 Å². The Morgan fingerprint density at radius 1 is 1.07 bits per heavy atom. The number of hydrogen-bond donors (Lipinski definition) is 3. The van der Waals surface area contributed by atoms with E-state index in [-0.39, 0.29) is 17.2 Å². The Labute approximate surface area is 168 Å². The Kier molecular flexibility index (Phi) is 7.64. The van der Waals surface area contributed by atoms with E-state index in [1.54, 1.807) is 32.0 Å². The largest absolute Gasteiger partial charge is 0.493 e. The first kappa shape index (κ1) is 21.8. The number of hydrazine groups is 1. The number of furan rings is 1. The normalized spacial score (nSPS) is 11.5. The van der Waals surface area contributed by atoms with Crippen molar-refractivity contribution in [3.05, 3.63) is 47.9 Å². The van der Waals surface area contributed by atoms with Crippen LogP contribution >= 0.6 is 0 Å². The highest BCUT2D eigenvalue weighted by molar-refractivity contribution is 5.98. The molecule has 0 aliphatic heterocycles. The van der Waals surface area contributed by atoms with E-state index in [1.807, 2.05) is 6.92 Å². The summed E-state index contributed by atoms with van der Waals surface area (Å²) >= 11 is 0. The number of hydrogen-bond acceptors (Lipinski definition) is 6. The van der Waals surface area contributed by atoms with Crippen molar-refractivity contribution in [2.45, 2.75) is 26.8 Å². The summed E-state index contributed by atoms with van der Waals surface area (Å²) in [5, 5.41) is 2.59. The van der Waals surface area contributed by atoms with Gasteiger partial charge in [0, 0.05) is 5.56 Å². The first-order chi connectivity index (χ1) is 13.9. The molecule has 0 aliphatic rings. The summed E-state index contributed by atoms with van der Waals surface area (Å²) in [6, 6.07) is 6.86. The van der Waals surface area contributed by atoms with E-state index in [0.717, 1.165) is 0 Å². The number of amides is 3. The van der Waals surface area contributed by atoms with Crippen molar-refractivity contribution in [3.8, 4) is 11.5 Å². The van der Waals surface area contributed by atoms with E-state index in [9.17, 15) is 14.4 Å². The van der Waals surface area contributed by atoms with Gasteiger partial charge in [-0.1, -0.05) is 13.8 Å². The van der Waals surface area contributed by atoms with Gasteiger partial charge in [0.1, 0.15) is 6.04 Å². The van der Waals surface area contributed by atoms with Crippen LogP contribution in [-0.2, 0) is 4.79 Å². The maximum absolute atomic E-state index is 12.5. The Hall–Kier alpha value is -3.49. The fourth-order valence-corrected chi connectivity index (χ4v) is 2.51. The van der Waals surface area contributed by atoms with Crippen LogP contribution < -0.4 is 25.6 Å². The van der Waals surface area contributed by atoms with E-state index in [2.05, 4.69) is 16.2 Å². The molecule has 0 radical (unpaired) electrons. The van der Waals surface area contributed by atoms with Crippen LogP contribution in [0.5, 0.6) is 11.5 Å². The average molecular weight is 403 g/mol. The third kappa shape index (κ3) is 5.74. The van der Waals surface area contributed by atoms with Crippen LogP contribution in [0.4, 0.5) is 0 Å². The topological polar surface area (TPSA) is 119 Å². The highest BCUT2D eigenvalue weighted by Crippen LogP contribution is 2.27. The van der Waals surface area contributed by atoms with E-state index in [0.29, 0.717) is 18.1 Å². The molecule has 1 heterocycles. The molecular formula is C20H25N3O6. The molecule has 0 unspecified atom stereocenters. The zero-order valence-corrected chi connectivity index (χ0v) is 16.8. The monoisotopic (exact) mass is 403 g/mol. The maximum atomic E-state index is 12.5. The number of rotatable bonds is 8. The van der Waals surface area contributed by atoms with Crippen LogP contribution in [0.3, 0.4) is 0 Å². The standard InChI is InChI=1S/C20H25N3O6/c1-5-28-14-9-8-13(11-16(14)27-4)18(24)22-23-20(26)17(12(2)3)21-19(25)15-7-6-10-29-15/h6-12,17H,5H2,1-4H3,(H,21,25)(H,22,24)(H,23,26)/t17-/m0/s1. The van der Waals surface area contributed by atoms with Gasteiger partial charge in [0.2, 0.25) is 0 Å². The van der Waals surface area contributed by atoms with Crippen LogP contribution in [0, 0.1) is 5.92 Å². The van der Waals surface area contributed by atoms with E-state index in [4.69, 9.17) is 13.9 Å². The number of ether oxygens (including phenoxy) is 2. The molecular weight excluding hydrogens is 378 g/mol. The molecule has 2 rings (SSSR count). The van der Waals surface area contributed by atoms with Gasteiger partial charge in [-0.3, -0.25) is 25.2 Å². The molecule has 9 heteroatoms. The van der Waals surface area contributed by atoms with Crippen LogP contribution in [0.25, 0.3) is 0 Å². The smallest absolute Gasteiger partial charge is 0.287 e.